The fourth-order valence-electron chi connectivity index (χ4n) is 1.89. The summed E-state index contributed by atoms with van der Waals surface area (Å²) in [6, 6.07) is 2.13. The van der Waals surface area contributed by atoms with Gasteiger partial charge in [0, 0.05) is 25.3 Å². The van der Waals surface area contributed by atoms with Crippen LogP contribution in [0, 0.1) is 0 Å². The van der Waals surface area contributed by atoms with Crippen LogP contribution in [0.2, 0.25) is 0 Å². The molecule has 5 heteroatoms. The number of aryl methyl sites for hydroxylation is 1. The van der Waals surface area contributed by atoms with Gasteiger partial charge in [0.15, 0.2) is 0 Å². The second-order valence-corrected chi connectivity index (χ2v) is 4.90. The van der Waals surface area contributed by atoms with E-state index in [9.17, 15) is 4.79 Å². The van der Waals surface area contributed by atoms with Crippen molar-refractivity contribution in [1.82, 2.24) is 20.4 Å². The number of nitrogens with one attached hydrogen (secondary N) is 2. The maximum atomic E-state index is 11.9. The number of hydrogen-bond donors (Lipinski definition) is 2. The molecule has 102 valence electrons. The molecule has 0 aromatic carbocycles. The highest BCUT2D eigenvalue weighted by molar-refractivity contribution is 5.92. The third kappa shape index (κ3) is 3.84. The Balaban J connectivity index is 2.59. The quantitative estimate of drug-likeness (QED) is 0.801. The number of carbonyl (C=O) groups is 1. The van der Waals surface area contributed by atoms with Crippen LogP contribution in [0.5, 0.6) is 0 Å². The standard InChI is InChI=1S/C13H24N4O/c1-6-14-10(4)8-15-13(18)11-7-12(9(2)3)17(5)16-11/h7,9-10,14H,6,8H2,1-5H3,(H,15,18)/t10-/m1/s1. The molecule has 0 spiro atoms. The predicted molar refractivity (Wildman–Crippen MR) is 72.8 cm³/mol. The lowest BCUT2D eigenvalue weighted by molar-refractivity contribution is 0.0944. The molecule has 1 rings (SSSR count). The maximum absolute atomic E-state index is 11.9. The Morgan fingerprint density at radius 1 is 1.44 bits per heavy atom. The molecule has 1 aromatic rings. The lowest BCUT2D eigenvalue weighted by Gasteiger charge is -2.12. The van der Waals surface area contributed by atoms with Gasteiger partial charge in [-0.3, -0.25) is 9.48 Å². The normalized spacial score (nSPS) is 12.8. The topological polar surface area (TPSA) is 58.9 Å². The summed E-state index contributed by atoms with van der Waals surface area (Å²) in [6.45, 7) is 9.78. The Kier molecular flexibility index (Phi) is 5.34. The minimum Gasteiger partial charge on any atom is -0.349 e. The zero-order chi connectivity index (χ0) is 13.7. The van der Waals surface area contributed by atoms with Crippen LogP contribution in [0.15, 0.2) is 6.07 Å². The van der Waals surface area contributed by atoms with E-state index in [4.69, 9.17) is 0 Å². The van der Waals surface area contributed by atoms with Gasteiger partial charge in [-0.25, -0.2) is 0 Å². The third-order valence-corrected chi connectivity index (χ3v) is 2.86. The Morgan fingerprint density at radius 2 is 2.11 bits per heavy atom. The minimum absolute atomic E-state index is 0.109. The van der Waals surface area contributed by atoms with Crippen LogP contribution >= 0.6 is 0 Å². The molecule has 0 aliphatic heterocycles. The molecule has 0 unspecified atom stereocenters. The summed E-state index contributed by atoms with van der Waals surface area (Å²) in [6.07, 6.45) is 0. The van der Waals surface area contributed by atoms with Gasteiger partial charge in [-0.2, -0.15) is 5.10 Å². The molecule has 5 nitrogen and oxygen atoms in total. The van der Waals surface area contributed by atoms with Crippen LogP contribution in [0.4, 0.5) is 0 Å². The van der Waals surface area contributed by atoms with Crippen molar-refractivity contribution >= 4 is 5.91 Å². The highest BCUT2D eigenvalue weighted by Gasteiger charge is 2.14. The molecule has 0 saturated carbocycles. The Labute approximate surface area is 109 Å². The van der Waals surface area contributed by atoms with Crippen molar-refractivity contribution in [3.63, 3.8) is 0 Å². The van der Waals surface area contributed by atoms with Crippen molar-refractivity contribution in [3.8, 4) is 0 Å². The smallest absolute Gasteiger partial charge is 0.271 e. The van der Waals surface area contributed by atoms with Crippen molar-refractivity contribution in [2.24, 2.45) is 7.05 Å². The Bertz CT molecular complexity index is 398. The van der Waals surface area contributed by atoms with E-state index in [0.29, 0.717) is 18.2 Å². The van der Waals surface area contributed by atoms with Crippen molar-refractivity contribution < 1.29 is 4.79 Å². The second-order valence-electron chi connectivity index (χ2n) is 4.90. The van der Waals surface area contributed by atoms with Crippen LogP contribution < -0.4 is 10.6 Å². The molecule has 1 heterocycles. The largest absolute Gasteiger partial charge is 0.349 e. The molecule has 1 aromatic heterocycles. The molecule has 1 amide bonds. The van der Waals surface area contributed by atoms with Gasteiger partial charge in [0.1, 0.15) is 5.69 Å². The SMILES string of the molecule is CCN[C@H](C)CNC(=O)c1cc(C(C)C)n(C)n1. The number of likely N-dealkylation sites (N-methyl/N-ethyl adjacent to an activating group) is 1. The molecular formula is C13H24N4O. The monoisotopic (exact) mass is 252 g/mol. The van der Waals surface area contributed by atoms with Gasteiger partial charge >= 0.3 is 0 Å². The first-order valence-electron chi connectivity index (χ1n) is 6.51. The summed E-state index contributed by atoms with van der Waals surface area (Å²) in [5.74, 6) is 0.256. The van der Waals surface area contributed by atoms with Gasteiger partial charge in [0.25, 0.3) is 5.91 Å². The van der Waals surface area contributed by atoms with E-state index in [1.165, 1.54) is 0 Å². The molecule has 18 heavy (non-hydrogen) atoms. The summed E-state index contributed by atoms with van der Waals surface area (Å²) in [4.78, 5) is 11.9. The van der Waals surface area contributed by atoms with Gasteiger partial charge < -0.3 is 10.6 Å². The zero-order valence-electron chi connectivity index (χ0n) is 11.9. The van der Waals surface area contributed by atoms with E-state index < -0.39 is 0 Å². The highest BCUT2D eigenvalue weighted by Crippen LogP contribution is 2.14. The number of carbonyl (C=O) groups excluding carboxylic acids is 1. The highest BCUT2D eigenvalue weighted by atomic mass is 16.1. The third-order valence-electron chi connectivity index (χ3n) is 2.86. The molecule has 1 atom stereocenters. The number of hydrogen-bond acceptors (Lipinski definition) is 3. The molecule has 0 saturated heterocycles. The molecule has 0 fully saturated rings. The zero-order valence-corrected chi connectivity index (χ0v) is 11.9. The molecular weight excluding hydrogens is 228 g/mol. The summed E-state index contributed by atoms with van der Waals surface area (Å²) < 4.78 is 1.77. The van der Waals surface area contributed by atoms with Crippen molar-refractivity contribution in [2.45, 2.75) is 39.7 Å². The maximum Gasteiger partial charge on any atom is 0.271 e. The summed E-state index contributed by atoms with van der Waals surface area (Å²) >= 11 is 0. The van der Waals surface area contributed by atoms with E-state index in [-0.39, 0.29) is 11.9 Å². The Morgan fingerprint density at radius 3 is 2.61 bits per heavy atom. The molecule has 0 bridgehead atoms. The van der Waals surface area contributed by atoms with Crippen LogP contribution in [0.1, 0.15) is 49.8 Å². The lowest BCUT2D eigenvalue weighted by Crippen LogP contribution is -2.38. The predicted octanol–water partition coefficient (Wildman–Crippen LogP) is 1.27. The Hall–Kier alpha value is -1.36. The van der Waals surface area contributed by atoms with Gasteiger partial charge in [-0.1, -0.05) is 20.8 Å². The summed E-state index contributed by atoms with van der Waals surface area (Å²) in [7, 11) is 1.87. The lowest BCUT2D eigenvalue weighted by atomic mass is 10.1. The fraction of sp³-hybridized carbons (Fsp3) is 0.692. The van der Waals surface area contributed by atoms with Crippen molar-refractivity contribution in [3.05, 3.63) is 17.5 Å². The van der Waals surface area contributed by atoms with E-state index in [0.717, 1.165) is 12.2 Å². The second kappa shape index (κ2) is 6.54. The van der Waals surface area contributed by atoms with Crippen LogP contribution in [0.25, 0.3) is 0 Å². The van der Waals surface area contributed by atoms with E-state index in [2.05, 4.69) is 29.6 Å². The number of nitrogens with zero attached hydrogens (tertiary/aromatic N) is 2. The average molecular weight is 252 g/mol. The van der Waals surface area contributed by atoms with Crippen molar-refractivity contribution in [2.75, 3.05) is 13.1 Å². The minimum atomic E-state index is -0.109. The van der Waals surface area contributed by atoms with Gasteiger partial charge in [0.2, 0.25) is 0 Å². The van der Waals surface area contributed by atoms with Gasteiger partial charge in [0.05, 0.1) is 0 Å². The first-order chi connectivity index (χ1) is 8.45. The number of rotatable bonds is 6. The van der Waals surface area contributed by atoms with Crippen molar-refractivity contribution in [1.29, 1.82) is 0 Å². The number of amides is 1. The first kappa shape index (κ1) is 14.7. The van der Waals surface area contributed by atoms with E-state index in [1.54, 1.807) is 4.68 Å². The van der Waals surface area contributed by atoms with Crippen LogP contribution in [0.3, 0.4) is 0 Å². The summed E-state index contributed by atoms with van der Waals surface area (Å²) in [5, 5.41) is 10.4. The van der Waals surface area contributed by atoms with Gasteiger partial charge in [-0.05, 0) is 25.5 Å². The molecule has 0 radical (unpaired) electrons. The van der Waals surface area contributed by atoms with Crippen LogP contribution in [-0.4, -0.2) is 34.8 Å². The van der Waals surface area contributed by atoms with E-state index in [1.807, 2.05) is 27.0 Å². The molecule has 0 aliphatic rings. The average Bonchev–Trinajstić information content (AvgIpc) is 2.69. The molecule has 0 aliphatic carbocycles. The van der Waals surface area contributed by atoms with Crippen LogP contribution in [-0.2, 0) is 7.05 Å². The summed E-state index contributed by atoms with van der Waals surface area (Å²) in [5.41, 5.74) is 1.56. The van der Waals surface area contributed by atoms with E-state index >= 15 is 0 Å². The molecule has 2 N–H and O–H groups in total. The first-order valence-corrected chi connectivity index (χ1v) is 6.51. The fourth-order valence-corrected chi connectivity index (χ4v) is 1.89. The van der Waals surface area contributed by atoms with Gasteiger partial charge in [-0.15, -0.1) is 0 Å². The number of aromatic nitrogens is 2.